The van der Waals surface area contributed by atoms with Gasteiger partial charge in [-0.1, -0.05) is 68.6 Å². The van der Waals surface area contributed by atoms with Crippen molar-refractivity contribution in [1.29, 1.82) is 5.26 Å². The molecule has 2 aliphatic rings. The van der Waals surface area contributed by atoms with Gasteiger partial charge in [0.15, 0.2) is 5.79 Å². The molecule has 2 heterocycles. The summed E-state index contributed by atoms with van der Waals surface area (Å²) in [6.45, 7) is 8.89. The van der Waals surface area contributed by atoms with Gasteiger partial charge in [-0.25, -0.2) is 8.78 Å². The van der Waals surface area contributed by atoms with Gasteiger partial charge in [0.1, 0.15) is 35.2 Å². The highest BCUT2D eigenvalue weighted by atomic mass is 35.5. The number of rotatable bonds is 9. The monoisotopic (exact) mass is 637 g/mol. The first-order valence-corrected chi connectivity index (χ1v) is 14.7. The Bertz CT molecular complexity index is 1470. The van der Waals surface area contributed by atoms with Crippen LogP contribution in [-0.2, 0) is 24.5 Å². The van der Waals surface area contributed by atoms with Gasteiger partial charge in [-0.3, -0.25) is 14.5 Å². The molecule has 1 unspecified atom stereocenters. The topological polar surface area (TPSA) is 126 Å². The Balaban J connectivity index is 2.16. The molecular weight excluding hydrogens is 603 g/mol. The lowest BCUT2D eigenvalue weighted by Crippen LogP contribution is -2.60. The van der Waals surface area contributed by atoms with E-state index in [0.29, 0.717) is 6.42 Å². The van der Waals surface area contributed by atoms with E-state index in [4.69, 9.17) is 38.4 Å². The van der Waals surface area contributed by atoms with Gasteiger partial charge < -0.3 is 20.3 Å². The van der Waals surface area contributed by atoms with E-state index in [1.54, 1.807) is 13.8 Å². The van der Waals surface area contributed by atoms with Crippen LogP contribution in [0.25, 0.3) is 0 Å². The van der Waals surface area contributed by atoms with Crippen molar-refractivity contribution in [1.82, 2.24) is 4.90 Å². The SMILES string of the molecule is CCC(C)(C)C[C@@H]1N(C(C(N)=O)[C@H]2COC(C)(C)O2)[C@@H](C(=O)O)[C@H](c2cccc(Cl)c2F)[C@@]1(C#N)c1ccc(Cl)cc1F. The van der Waals surface area contributed by atoms with Gasteiger partial charge in [0.2, 0.25) is 5.91 Å². The zero-order valence-electron chi connectivity index (χ0n) is 24.5. The maximum absolute atomic E-state index is 16.1. The van der Waals surface area contributed by atoms with Gasteiger partial charge in [0, 0.05) is 22.5 Å². The molecule has 43 heavy (non-hydrogen) atoms. The summed E-state index contributed by atoms with van der Waals surface area (Å²) in [5.74, 6) is -6.93. The lowest BCUT2D eigenvalue weighted by Gasteiger charge is -2.43. The minimum atomic E-state index is -2.07. The van der Waals surface area contributed by atoms with Crippen molar-refractivity contribution in [3.63, 3.8) is 0 Å². The predicted molar refractivity (Wildman–Crippen MR) is 156 cm³/mol. The molecule has 0 aliphatic carbocycles. The van der Waals surface area contributed by atoms with Gasteiger partial charge >= 0.3 is 5.97 Å². The number of likely N-dealkylation sites (tertiary alicyclic amines) is 1. The number of aliphatic carboxylic acids is 1. The van der Waals surface area contributed by atoms with Crippen molar-refractivity contribution in [2.24, 2.45) is 11.1 Å². The number of nitriles is 1. The van der Waals surface area contributed by atoms with Crippen LogP contribution < -0.4 is 5.73 Å². The first kappa shape index (κ1) is 33.1. The van der Waals surface area contributed by atoms with Crippen LogP contribution in [0.15, 0.2) is 36.4 Å². The summed E-state index contributed by atoms with van der Waals surface area (Å²) < 4.78 is 43.8. The van der Waals surface area contributed by atoms with Crippen LogP contribution in [0.1, 0.15) is 64.5 Å². The van der Waals surface area contributed by atoms with Crippen molar-refractivity contribution >= 4 is 35.1 Å². The van der Waals surface area contributed by atoms with E-state index in [1.807, 2.05) is 20.8 Å². The van der Waals surface area contributed by atoms with Crippen molar-refractivity contribution in [3.8, 4) is 6.07 Å². The standard InChI is InChI=1S/C31H35Cl2F2N3O5/c1-6-29(2,3)13-22-31(15-36,18-11-10-16(32)12-20(18)34)23(17-8-7-9-19(33)24(17)35)26(28(40)41)38(22)25(27(37)39)21-14-42-30(4,5)43-21/h7-12,21-23,25-26H,6,13-14H2,1-5H3,(H2,37,39)(H,40,41)/t21-,22+,23+,25?,26-,31+/m1/s1. The fourth-order valence-corrected chi connectivity index (χ4v) is 6.91. The van der Waals surface area contributed by atoms with Gasteiger partial charge in [0.05, 0.1) is 17.7 Å². The third-order valence-corrected chi connectivity index (χ3v) is 9.37. The average Bonchev–Trinajstić information content (AvgIpc) is 3.40. The van der Waals surface area contributed by atoms with Crippen LogP contribution in [0.4, 0.5) is 8.78 Å². The maximum Gasteiger partial charge on any atom is 0.321 e. The second-order valence-electron chi connectivity index (χ2n) is 12.4. The van der Waals surface area contributed by atoms with Crippen LogP contribution in [0.2, 0.25) is 10.0 Å². The summed E-state index contributed by atoms with van der Waals surface area (Å²) in [4.78, 5) is 28.0. The third kappa shape index (κ3) is 5.86. The molecule has 232 valence electrons. The number of halogens is 4. The molecule has 6 atom stereocenters. The lowest BCUT2D eigenvalue weighted by molar-refractivity contribution is -0.159. The largest absolute Gasteiger partial charge is 0.480 e. The van der Waals surface area contributed by atoms with Gasteiger partial charge in [-0.05, 0) is 49.4 Å². The molecule has 0 spiro atoms. The molecule has 4 rings (SSSR count). The van der Waals surface area contributed by atoms with E-state index >= 15 is 8.78 Å². The fraction of sp³-hybridized carbons (Fsp3) is 0.516. The minimum absolute atomic E-state index is 0.0450. The molecule has 0 radical (unpaired) electrons. The molecule has 12 heteroatoms. The van der Waals surface area contributed by atoms with Gasteiger partial charge in [-0.2, -0.15) is 5.26 Å². The zero-order valence-corrected chi connectivity index (χ0v) is 26.0. The highest BCUT2D eigenvalue weighted by molar-refractivity contribution is 6.31. The fourth-order valence-electron chi connectivity index (χ4n) is 6.57. The second-order valence-corrected chi connectivity index (χ2v) is 13.3. The Labute approximate surface area is 259 Å². The number of nitrogens with two attached hydrogens (primary N) is 1. The Morgan fingerprint density at radius 2 is 1.93 bits per heavy atom. The highest BCUT2D eigenvalue weighted by Crippen LogP contribution is 2.58. The first-order chi connectivity index (χ1) is 20.0. The van der Waals surface area contributed by atoms with Crippen molar-refractivity contribution < 1.29 is 33.0 Å². The summed E-state index contributed by atoms with van der Waals surface area (Å²) in [6, 6.07) is 5.61. The highest BCUT2D eigenvalue weighted by Gasteiger charge is 2.68. The molecule has 1 amide bonds. The van der Waals surface area contributed by atoms with Crippen molar-refractivity contribution in [2.45, 2.75) is 88.8 Å². The summed E-state index contributed by atoms with van der Waals surface area (Å²) in [5, 5.41) is 21.8. The Morgan fingerprint density at radius 3 is 2.44 bits per heavy atom. The van der Waals surface area contributed by atoms with Gasteiger partial charge in [-0.15, -0.1) is 0 Å². The number of carboxylic acids is 1. The summed E-state index contributed by atoms with van der Waals surface area (Å²) in [6.07, 6.45) is -0.369. The number of primary amides is 1. The Kier molecular flexibility index (Phi) is 9.19. The molecule has 8 nitrogen and oxygen atoms in total. The van der Waals surface area contributed by atoms with E-state index in [2.05, 4.69) is 6.07 Å². The summed E-state index contributed by atoms with van der Waals surface area (Å²) in [5.41, 5.74) is 2.94. The third-order valence-electron chi connectivity index (χ3n) is 8.84. The Morgan fingerprint density at radius 1 is 1.26 bits per heavy atom. The van der Waals surface area contributed by atoms with Gasteiger partial charge in [0.25, 0.3) is 0 Å². The number of carbonyl (C=O) groups excluding carboxylic acids is 1. The number of carbonyl (C=O) groups is 2. The smallest absolute Gasteiger partial charge is 0.321 e. The summed E-state index contributed by atoms with van der Waals surface area (Å²) in [7, 11) is 0. The quantitative estimate of drug-likeness (QED) is 0.357. The van der Waals surface area contributed by atoms with Crippen molar-refractivity contribution in [3.05, 3.63) is 69.2 Å². The second kappa shape index (κ2) is 11.9. The molecule has 2 saturated heterocycles. The van der Waals surface area contributed by atoms with Crippen molar-refractivity contribution in [2.75, 3.05) is 6.61 Å². The van der Waals surface area contributed by atoms with E-state index < -0.39 is 70.3 Å². The van der Waals surface area contributed by atoms with E-state index in [9.17, 15) is 20.0 Å². The van der Waals surface area contributed by atoms with Crippen LogP contribution in [0, 0.1) is 28.4 Å². The molecule has 0 aromatic heterocycles. The minimum Gasteiger partial charge on any atom is -0.480 e. The summed E-state index contributed by atoms with van der Waals surface area (Å²) >= 11 is 12.3. The molecule has 2 aromatic rings. The molecule has 0 saturated carbocycles. The average molecular weight is 639 g/mol. The van der Waals surface area contributed by atoms with Crippen LogP contribution in [0.5, 0.6) is 0 Å². The molecule has 2 aromatic carbocycles. The number of carboxylic acid groups (broad SMARTS) is 1. The molecule has 2 aliphatic heterocycles. The van der Waals surface area contributed by atoms with E-state index in [0.717, 1.165) is 6.07 Å². The molecule has 2 fully saturated rings. The molecular formula is C31H35Cl2F2N3O5. The van der Waals surface area contributed by atoms with Crippen LogP contribution in [-0.4, -0.2) is 58.5 Å². The van der Waals surface area contributed by atoms with Crippen LogP contribution >= 0.6 is 23.2 Å². The maximum atomic E-state index is 16.1. The number of ether oxygens (including phenoxy) is 2. The van der Waals surface area contributed by atoms with E-state index in [1.165, 1.54) is 35.2 Å². The zero-order chi connectivity index (χ0) is 32.1. The molecule has 3 N–H and O–H groups in total. The van der Waals surface area contributed by atoms with E-state index in [-0.39, 0.29) is 34.2 Å². The number of nitrogens with zero attached hydrogens (tertiary/aromatic N) is 2. The van der Waals surface area contributed by atoms with Crippen LogP contribution in [0.3, 0.4) is 0 Å². The molecule has 0 bridgehead atoms. The number of hydrogen-bond donors (Lipinski definition) is 2. The normalized spacial score (nSPS) is 28.0. The number of amides is 1. The number of hydrogen-bond acceptors (Lipinski definition) is 6. The first-order valence-electron chi connectivity index (χ1n) is 13.9. The number of benzene rings is 2. The Hall–Kier alpha value is -2.81. The predicted octanol–water partition coefficient (Wildman–Crippen LogP) is 5.79. The lowest BCUT2D eigenvalue weighted by atomic mass is 9.62.